The molecule has 1 heterocycles. The highest BCUT2D eigenvalue weighted by Crippen LogP contribution is 2.35. The molecule has 3 nitrogen and oxygen atoms in total. The van der Waals surface area contributed by atoms with Crippen LogP contribution in [0.5, 0.6) is 0 Å². The first-order chi connectivity index (χ1) is 8.13. The number of allylic oxidation sites excluding steroid dienone is 4. The monoisotopic (exact) mass is 250 g/mol. The number of aliphatic hydroxyl groups is 1. The molecule has 1 unspecified atom stereocenters. The number of rotatable bonds is 3. The summed E-state index contributed by atoms with van der Waals surface area (Å²) in [6.07, 6.45) is 5.39. The van der Waals surface area contributed by atoms with Crippen LogP contribution in [0, 0.1) is 11.8 Å². The lowest BCUT2D eigenvalue weighted by atomic mass is 9.82. The molecule has 0 spiro atoms. The molecule has 0 aliphatic heterocycles. The van der Waals surface area contributed by atoms with E-state index in [4.69, 9.17) is 0 Å². The number of aliphatic hydroxyl groups excluding tert-OH is 1. The minimum Gasteiger partial charge on any atom is -0.384 e. The molecule has 0 saturated carbocycles. The van der Waals surface area contributed by atoms with Crippen molar-refractivity contribution in [1.29, 1.82) is 0 Å². The number of aromatic nitrogens is 2. The van der Waals surface area contributed by atoms with Crippen molar-refractivity contribution in [2.45, 2.75) is 33.8 Å². The van der Waals surface area contributed by atoms with Crippen molar-refractivity contribution in [3.8, 4) is 0 Å². The molecule has 1 aromatic rings. The largest absolute Gasteiger partial charge is 0.456 e. The van der Waals surface area contributed by atoms with Gasteiger partial charge in [0.15, 0.2) is 6.61 Å². The van der Waals surface area contributed by atoms with Gasteiger partial charge in [0.1, 0.15) is 0 Å². The molecule has 0 radical (unpaired) electrons. The maximum Gasteiger partial charge on any atom is 0.456 e. The topological polar surface area (TPSA) is 48.4 Å². The lowest BCUT2D eigenvalue weighted by molar-refractivity contribution is -0.712. The van der Waals surface area contributed by atoms with Crippen LogP contribution < -0.4 is 9.59 Å². The molecule has 17 heavy (non-hydrogen) atoms. The van der Waals surface area contributed by atoms with Gasteiger partial charge in [-0.05, 0) is 23.8 Å². The molecule has 1 aliphatic carbocycles. The third-order valence-corrected chi connectivity index (χ3v) is 4.08. The Morgan fingerprint density at radius 2 is 2.24 bits per heavy atom. The maximum absolute atomic E-state index is 9.21. The summed E-state index contributed by atoms with van der Waals surface area (Å²) in [5.74, 6) is 1.16. The van der Waals surface area contributed by atoms with Gasteiger partial charge in [0.25, 0.3) is 0 Å². The molecule has 90 valence electrons. The molecular formula is C13H18N2OS+2. The Labute approximate surface area is 106 Å². The molecule has 0 fully saturated rings. The third-order valence-electron chi connectivity index (χ3n) is 3.24. The quantitative estimate of drug-likeness (QED) is 0.883. The highest BCUT2D eigenvalue weighted by molar-refractivity contribution is 7.02. The highest BCUT2D eigenvalue weighted by atomic mass is 32.1. The van der Waals surface area contributed by atoms with E-state index in [1.807, 2.05) is 0 Å². The summed E-state index contributed by atoms with van der Waals surface area (Å²) in [7, 11) is 0. The van der Waals surface area contributed by atoms with Crippen LogP contribution in [0.25, 0.3) is 5.57 Å². The smallest absolute Gasteiger partial charge is 0.384 e. The van der Waals surface area contributed by atoms with Gasteiger partial charge in [0.2, 0.25) is 4.88 Å². The van der Waals surface area contributed by atoms with Crippen LogP contribution in [0.3, 0.4) is 0 Å². The van der Waals surface area contributed by atoms with E-state index in [1.165, 1.54) is 22.7 Å². The Balaban J connectivity index is 2.31. The Kier molecular flexibility index (Phi) is 3.60. The van der Waals surface area contributed by atoms with Crippen molar-refractivity contribution < 1.29 is 14.7 Å². The van der Waals surface area contributed by atoms with Gasteiger partial charge in [-0.2, -0.15) is 0 Å². The lowest BCUT2D eigenvalue weighted by Gasteiger charge is -2.22. The van der Waals surface area contributed by atoms with Crippen molar-refractivity contribution in [2.24, 2.45) is 11.8 Å². The summed E-state index contributed by atoms with van der Waals surface area (Å²) in [5, 5.41) is 13.2. The SMILES string of the molecule is CC(C)C1=CC=C(c2s[n+]#[n+]c2CO)CC1C. The molecule has 0 bridgehead atoms. The molecule has 0 aromatic carbocycles. The summed E-state index contributed by atoms with van der Waals surface area (Å²) in [6, 6.07) is 0. The zero-order valence-corrected chi connectivity index (χ0v) is 11.3. The van der Waals surface area contributed by atoms with Crippen LogP contribution in [-0.4, -0.2) is 5.11 Å². The molecular weight excluding hydrogens is 232 g/mol. The van der Waals surface area contributed by atoms with E-state index < -0.39 is 0 Å². The van der Waals surface area contributed by atoms with E-state index in [0.717, 1.165) is 11.3 Å². The van der Waals surface area contributed by atoms with E-state index in [2.05, 4.69) is 42.5 Å². The minimum atomic E-state index is -0.0295. The predicted molar refractivity (Wildman–Crippen MR) is 66.1 cm³/mol. The van der Waals surface area contributed by atoms with Crippen LogP contribution in [-0.2, 0) is 6.61 Å². The lowest BCUT2D eigenvalue weighted by Crippen LogP contribution is -2.12. The van der Waals surface area contributed by atoms with Gasteiger partial charge in [-0.3, -0.25) is 0 Å². The molecule has 1 N–H and O–H groups in total. The summed E-state index contributed by atoms with van der Waals surface area (Å²) in [6.45, 7) is 6.69. The highest BCUT2D eigenvalue weighted by Gasteiger charge is 2.31. The standard InChI is InChI=1S/C13H18N2OS/c1-8(2)11-5-4-10(6-9(11)3)13-12(7-16)14-15-17-13/h4-5,8-9,16H,6-7H2,1-3H3/q+2. The van der Waals surface area contributed by atoms with Crippen molar-refractivity contribution in [1.82, 2.24) is 0 Å². The van der Waals surface area contributed by atoms with Gasteiger partial charge in [0.05, 0.1) is 0 Å². The maximum atomic E-state index is 9.21. The summed E-state index contributed by atoms with van der Waals surface area (Å²) >= 11 is 1.37. The van der Waals surface area contributed by atoms with Crippen LogP contribution in [0.2, 0.25) is 0 Å². The molecule has 1 atom stereocenters. The third kappa shape index (κ3) is 2.41. The predicted octanol–water partition coefficient (Wildman–Crippen LogP) is 1.45. The molecule has 4 heteroatoms. The van der Waals surface area contributed by atoms with Crippen molar-refractivity contribution >= 4 is 17.1 Å². The second-order valence-corrected chi connectivity index (χ2v) is 5.58. The van der Waals surface area contributed by atoms with Crippen LogP contribution in [0.15, 0.2) is 17.7 Å². The van der Waals surface area contributed by atoms with E-state index in [-0.39, 0.29) is 6.61 Å². The first-order valence-electron chi connectivity index (χ1n) is 5.96. The van der Waals surface area contributed by atoms with Gasteiger partial charge >= 0.3 is 26.8 Å². The van der Waals surface area contributed by atoms with Crippen LogP contribution in [0.1, 0.15) is 37.8 Å². The van der Waals surface area contributed by atoms with Gasteiger partial charge < -0.3 is 5.11 Å². The van der Waals surface area contributed by atoms with Crippen molar-refractivity contribution in [3.63, 3.8) is 0 Å². The first-order valence-corrected chi connectivity index (χ1v) is 6.74. The number of hydrogen-bond donors (Lipinski definition) is 1. The molecule has 1 aliphatic rings. The first kappa shape index (κ1) is 12.3. The zero-order valence-electron chi connectivity index (χ0n) is 10.5. The van der Waals surface area contributed by atoms with E-state index in [1.54, 1.807) is 0 Å². The van der Waals surface area contributed by atoms with Crippen LogP contribution in [0.4, 0.5) is 0 Å². The number of hydrogen-bond acceptors (Lipinski definition) is 2. The zero-order chi connectivity index (χ0) is 12.4. The fraction of sp³-hybridized carbons (Fsp3) is 0.538. The van der Waals surface area contributed by atoms with Crippen LogP contribution >= 0.6 is 11.5 Å². The average Bonchev–Trinajstić information content (AvgIpc) is 2.76. The minimum absolute atomic E-state index is 0.0295. The second-order valence-electron chi connectivity index (χ2n) is 4.83. The summed E-state index contributed by atoms with van der Waals surface area (Å²) in [4.78, 5) is 1.04. The molecule has 1 aromatic heterocycles. The van der Waals surface area contributed by atoms with E-state index >= 15 is 0 Å². The van der Waals surface area contributed by atoms with Crippen molar-refractivity contribution in [2.75, 3.05) is 0 Å². The fourth-order valence-electron chi connectivity index (χ4n) is 2.36. The normalized spacial score (nSPS) is 19.9. The number of nitrogens with zero attached hydrogens (tertiary/aromatic N) is 2. The van der Waals surface area contributed by atoms with Gasteiger partial charge in [-0.1, -0.05) is 38.5 Å². The Morgan fingerprint density at radius 1 is 1.47 bits per heavy atom. The molecule has 0 amide bonds. The molecule has 0 saturated heterocycles. The average molecular weight is 250 g/mol. The van der Waals surface area contributed by atoms with E-state index in [0.29, 0.717) is 17.5 Å². The fourth-order valence-corrected chi connectivity index (χ4v) is 3.06. The van der Waals surface area contributed by atoms with E-state index in [9.17, 15) is 5.11 Å². The Morgan fingerprint density at radius 3 is 2.82 bits per heavy atom. The van der Waals surface area contributed by atoms with Gasteiger partial charge in [-0.15, -0.1) is 0 Å². The Bertz CT molecular complexity index is 460. The molecule has 2 rings (SSSR count). The summed E-state index contributed by atoms with van der Waals surface area (Å²) in [5.41, 5.74) is 3.45. The Hall–Kier alpha value is -1.18. The second kappa shape index (κ2) is 4.99. The van der Waals surface area contributed by atoms with Crippen molar-refractivity contribution in [3.05, 3.63) is 28.3 Å². The van der Waals surface area contributed by atoms with Gasteiger partial charge in [0, 0.05) is 0 Å². The summed E-state index contributed by atoms with van der Waals surface area (Å²) < 4.78 is 3.92. The van der Waals surface area contributed by atoms with Gasteiger partial charge in [-0.25, -0.2) is 0 Å².